The van der Waals surface area contributed by atoms with E-state index < -0.39 is 0 Å². The first-order chi connectivity index (χ1) is 9.18. The first-order valence-corrected chi connectivity index (χ1v) is 7.62. The molecule has 0 atom stereocenters. The Labute approximate surface area is 115 Å². The molecule has 4 fully saturated rings. The molecule has 5 rings (SSSR count). The van der Waals surface area contributed by atoms with E-state index in [-0.39, 0.29) is 0 Å². The molecule has 0 amide bonds. The molecule has 0 heterocycles. The van der Waals surface area contributed by atoms with Crippen molar-refractivity contribution in [1.29, 1.82) is 0 Å². The number of hydrogen-bond donors (Lipinski definition) is 1. The van der Waals surface area contributed by atoms with E-state index in [1.165, 1.54) is 44.1 Å². The molecule has 0 spiro atoms. The maximum atomic E-state index is 6.34. The smallest absolute Gasteiger partial charge is 0.120 e. The lowest BCUT2D eigenvalue weighted by atomic mass is 9.48. The van der Waals surface area contributed by atoms with Gasteiger partial charge in [0.25, 0.3) is 0 Å². The molecule has 0 radical (unpaired) electrons. The molecule has 0 saturated heterocycles. The Kier molecular flexibility index (Phi) is 2.39. The highest BCUT2D eigenvalue weighted by Gasteiger charge is 2.52. The first-order valence-electron chi connectivity index (χ1n) is 7.62. The number of benzene rings is 1. The average molecular weight is 257 g/mol. The Balaban J connectivity index is 1.75. The van der Waals surface area contributed by atoms with Crippen LogP contribution in [0, 0.1) is 17.8 Å². The van der Waals surface area contributed by atoms with Gasteiger partial charge in [0.1, 0.15) is 5.75 Å². The van der Waals surface area contributed by atoms with Crippen LogP contribution in [-0.4, -0.2) is 7.11 Å². The molecule has 0 aromatic heterocycles. The van der Waals surface area contributed by atoms with Gasteiger partial charge in [-0.25, -0.2) is 0 Å². The summed E-state index contributed by atoms with van der Waals surface area (Å²) in [5, 5.41) is 0. The Morgan fingerprint density at radius 1 is 1.05 bits per heavy atom. The van der Waals surface area contributed by atoms with Gasteiger partial charge in [-0.1, -0.05) is 6.07 Å². The predicted octanol–water partition coefficient (Wildman–Crippen LogP) is 3.75. The third kappa shape index (κ3) is 1.69. The lowest BCUT2D eigenvalue weighted by Crippen LogP contribution is -2.48. The molecule has 2 heteroatoms. The number of ether oxygens (including phenoxy) is 1. The summed E-state index contributed by atoms with van der Waals surface area (Å²) >= 11 is 0. The maximum Gasteiger partial charge on any atom is 0.120 e. The summed E-state index contributed by atoms with van der Waals surface area (Å²) in [6.07, 6.45) is 8.56. The fourth-order valence-electron chi connectivity index (χ4n) is 5.59. The van der Waals surface area contributed by atoms with E-state index in [4.69, 9.17) is 10.5 Å². The molecule has 2 N–H and O–H groups in total. The maximum absolute atomic E-state index is 6.34. The van der Waals surface area contributed by atoms with Crippen LogP contribution in [0.4, 0.5) is 5.69 Å². The van der Waals surface area contributed by atoms with Crippen LogP contribution in [0.5, 0.6) is 5.75 Å². The quantitative estimate of drug-likeness (QED) is 0.819. The van der Waals surface area contributed by atoms with E-state index in [2.05, 4.69) is 12.1 Å². The summed E-state index contributed by atoms with van der Waals surface area (Å²) in [6.45, 7) is 0. The molecule has 1 aromatic carbocycles. The Hall–Kier alpha value is -1.18. The van der Waals surface area contributed by atoms with Crippen LogP contribution in [0.15, 0.2) is 18.2 Å². The van der Waals surface area contributed by atoms with Crippen LogP contribution in [0.3, 0.4) is 0 Å². The van der Waals surface area contributed by atoms with Crippen molar-refractivity contribution in [1.82, 2.24) is 0 Å². The molecule has 4 saturated carbocycles. The van der Waals surface area contributed by atoms with Crippen molar-refractivity contribution < 1.29 is 4.74 Å². The minimum atomic E-state index is 0.394. The van der Waals surface area contributed by atoms with Crippen molar-refractivity contribution in [2.75, 3.05) is 12.8 Å². The fourth-order valence-corrected chi connectivity index (χ4v) is 5.59. The number of nitrogen functional groups attached to an aromatic ring is 1. The molecular weight excluding hydrogens is 234 g/mol. The highest BCUT2D eigenvalue weighted by atomic mass is 16.5. The van der Waals surface area contributed by atoms with Gasteiger partial charge in [-0.15, -0.1) is 0 Å². The summed E-state index contributed by atoms with van der Waals surface area (Å²) < 4.78 is 5.29. The van der Waals surface area contributed by atoms with E-state index in [1.807, 2.05) is 6.07 Å². The van der Waals surface area contributed by atoms with Gasteiger partial charge in [-0.2, -0.15) is 0 Å². The van der Waals surface area contributed by atoms with Gasteiger partial charge in [0, 0.05) is 11.8 Å². The molecule has 0 aliphatic heterocycles. The van der Waals surface area contributed by atoms with Gasteiger partial charge in [-0.3, -0.25) is 0 Å². The normalized spacial score (nSPS) is 39.5. The second-order valence-electron chi connectivity index (χ2n) is 7.15. The molecule has 0 unspecified atom stereocenters. The molecule has 1 aromatic rings. The van der Waals surface area contributed by atoms with Crippen LogP contribution in [0.1, 0.15) is 44.1 Å². The van der Waals surface area contributed by atoms with Gasteiger partial charge in [0.2, 0.25) is 0 Å². The zero-order valence-corrected chi connectivity index (χ0v) is 11.7. The highest BCUT2D eigenvalue weighted by Crippen LogP contribution is 2.61. The molecule has 102 valence electrons. The van der Waals surface area contributed by atoms with Gasteiger partial charge in [0.15, 0.2) is 0 Å². The zero-order chi connectivity index (χ0) is 13.0. The minimum Gasteiger partial charge on any atom is -0.497 e. The zero-order valence-electron chi connectivity index (χ0n) is 11.7. The highest BCUT2D eigenvalue weighted by molar-refractivity contribution is 5.55. The van der Waals surface area contributed by atoms with Crippen LogP contribution >= 0.6 is 0 Å². The van der Waals surface area contributed by atoms with Crippen LogP contribution in [0.2, 0.25) is 0 Å². The first kappa shape index (κ1) is 11.6. The summed E-state index contributed by atoms with van der Waals surface area (Å²) in [4.78, 5) is 0. The molecule has 4 aliphatic carbocycles. The average Bonchev–Trinajstić information content (AvgIpc) is 2.36. The summed E-state index contributed by atoms with van der Waals surface area (Å²) in [5.74, 6) is 3.78. The van der Waals surface area contributed by atoms with Crippen molar-refractivity contribution in [2.24, 2.45) is 17.8 Å². The molecular formula is C17H23NO. The summed E-state index contributed by atoms with van der Waals surface area (Å²) in [7, 11) is 1.71. The van der Waals surface area contributed by atoms with Gasteiger partial charge >= 0.3 is 0 Å². The Bertz CT molecular complexity index is 473. The van der Waals surface area contributed by atoms with Crippen LogP contribution in [0.25, 0.3) is 0 Å². The van der Waals surface area contributed by atoms with Crippen molar-refractivity contribution >= 4 is 5.69 Å². The third-order valence-corrected chi connectivity index (χ3v) is 5.87. The lowest BCUT2D eigenvalue weighted by molar-refractivity contribution is -0.00484. The van der Waals surface area contributed by atoms with Crippen molar-refractivity contribution in [3.63, 3.8) is 0 Å². The number of rotatable bonds is 2. The lowest BCUT2D eigenvalue weighted by Gasteiger charge is -2.57. The Morgan fingerprint density at radius 3 is 2.11 bits per heavy atom. The Morgan fingerprint density at radius 2 is 1.63 bits per heavy atom. The van der Waals surface area contributed by atoms with E-state index >= 15 is 0 Å². The molecule has 4 aliphatic rings. The van der Waals surface area contributed by atoms with E-state index in [0.29, 0.717) is 5.41 Å². The second-order valence-corrected chi connectivity index (χ2v) is 7.15. The monoisotopic (exact) mass is 257 g/mol. The van der Waals surface area contributed by atoms with Crippen molar-refractivity contribution in [2.45, 2.75) is 43.9 Å². The molecule has 4 bridgehead atoms. The standard InChI is InChI=1S/C17H23NO/c1-19-14-2-3-15(16(18)7-14)17-8-11-4-12(9-17)6-13(5-11)10-17/h2-3,7,11-13H,4-6,8-10,18H2,1H3. The number of methoxy groups -OCH3 is 1. The minimum absolute atomic E-state index is 0.394. The summed E-state index contributed by atoms with van der Waals surface area (Å²) in [5.41, 5.74) is 9.09. The fraction of sp³-hybridized carbons (Fsp3) is 0.647. The van der Waals surface area contributed by atoms with Gasteiger partial charge < -0.3 is 10.5 Å². The van der Waals surface area contributed by atoms with Gasteiger partial charge in [-0.05, 0) is 73.3 Å². The van der Waals surface area contributed by atoms with Crippen molar-refractivity contribution in [3.8, 4) is 5.75 Å². The van der Waals surface area contributed by atoms with E-state index in [1.54, 1.807) is 7.11 Å². The van der Waals surface area contributed by atoms with Gasteiger partial charge in [0.05, 0.1) is 7.11 Å². The number of anilines is 1. The van der Waals surface area contributed by atoms with Crippen LogP contribution < -0.4 is 10.5 Å². The van der Waals surface area contributed by atoms with E-state index in [9.17, 15) is 0 Å². The topological polar surface area (TPSA) is 35.2 Å². The van der Waals surface area contributed by atoms with Crippen molar-refractivity contribution in [3.05, 3.63) is 23.8 Å². The van der Waals surface area contributed by atoms with E-state index in [0.717, 1.165) is 29.2 Å². The SMILES string of the molecule is COc1ccc(C23CC4CC(CC(C4)C2)C3)c(N)c1. The summed E-state index contributed by atoms with van der Waals surface area (Å²) in [6, 6.07) is 6.33. The number of nitrogens with two attached hydrogens (primary N) is 1. The second kappa shape index (κ2) is 3.91. The third-order valence-electron chi connectivity index (χ3n) is 5.87. The largest absolute Gasteiger partial charge is 0.497 e. The molecule has 19 heavy (non-hydrogen) atoms. The molecule has 2 nitrogen and oxygen atoms in total. The predicted molar refractivity (Wildman–Crippen MR) is 77.3 cm³/mol. The van der Waals surface area contributed by atoms with Crippen LogP contribution in [-0.2, 0) is 5.41 Å². The number of hydrogen-bond acceptors (Lipinski definition) is 2.